The normalized spacial score (nSPS) is 13.8. The first-order chi connectivity index (χ1) is 11.5. The lowest BCUT2D eigenvalue weighted by Crippen LogP contribution is -2.31. The highest BCUT2D eigenvalue weighted by molar-refractivity contribution is 6.42. The minimum absolute atomic E-state index is 0.0618. The molecular formula is C18H12O6. The molecular weight excluding hydrogens is 312 g/mol. The molecule has 0 aliphatic heterocycles. The molecule has 2 aromatic rings. The Morgan fingerprint density at radius 2 is 1.12 bits per heavy atom. The minimum atomic E-state index is -1.05. The van der Waals surface area contributed by atoms with Gasteiger partial charge in [0, 0.05) is 11.1 Å². The predicted octanol–water partition coefficient (Wildman–Crippen LogP) is 1.86. The predicted molar refractivity (Wildman–Crippen MR) is 83.7 cm³/mol. The maximum absolute atomic E-state index is 12.7. The Hall–Kier alpha value is -3.28. The van der Waals surface area contributed by atoms with Gasteiger partial charge in [-0.1, -0.05) is 24.3 Å². The van der Waals surface area contributed by atoms with Gasteiger partial charge in [-0.3, -0.25) is 9.59 Å². The average Bonchev–Trinajstić information content (AvgIpc) is 2.61. The number of fused-ring (bicyclic) bond motifs is 2. The van der Waals surface area contributed by atoms with E-state index in [1.54, 1.807) is 24.3 Å². The van der Waals surface area contributed by atoms with Gasteiger partial charge in [-0.15, -0.1) is 0 Å². The van der Waals surface area contributed by atoms with Crippen molar-refractivity contribution in [3.63, 3.8) is 0 Å². The fourth-order valence-electron chi connectivity index (χ4n) is 2.71. The zero-order chi connectivity index (χ0) is 17.4. The van der Waals surface area contributed by atoms with Crippen molar-refractivity contribution in [2.45, 2.75) is 0 Å². The van der Waals surface area contributed by atoms with Gasteiger partial charge < -0.3 is 9.47 Å². The van der Waals surface area contributed by atoms with Gasteiger partial charge in [0.1, 0.15) is 11.1 Å². The van der Waals surface area contributed by atoms with Crippen molar-refractivity contribution >= 4 is 34.3 Å². The summed E-state index contributed by atoms with van der Waals surface area (Å²) in [6.07, 6.45) is 0. The van der Waals surface area contributed by atoms with Crippen LogP contribution in [0.15, 0.2) is 47.5 Å². The second kappa shape index (κ2) is 5.73. The zero-order valence-corrected chi connectivity index (χ0v) is 12.9. The molecule has 0 N–H and O–H groups in total. The molecule has 0 fully saturated rings. The van der Waals surface area contributed by atoms with Crippen LogP contribution in [-0.2, 0) is 19.1 Å². The third-order valence-corrected chi connectivity index (χ3v) is 3.86. The van der Waals surface area contributed by atoms with Crippen molar-refractivity contribution in [3.05, 3.63) is 58.7 Å². The van der Waals surface area contributed by atoms with E-state index in [2.05, 4.69) is 9.47 Å². The first-order valence-corrected chi connectivity index (χ1v) is 7.02. The van der Waals surface area contributed by atoms with Crippen LogP contribution < -0.4 is 0 Å². The van der Waals surface area contributed by atoms with Crippen LogP contribution in [0.4, 0.5) is 0 Å². The summed E-state index contributed by atoms with van der Waals surface area (Å²) < 4.78 is 9.12. The number of ether oxygens (including phenoxy) is 2. The van der Waals surface area contributed by atoms with Crippen LogP contribution in [-0.4, -0.2) is 37.7 Å². The van der Waals surface area contributed by atoms with Crippen molar-refractivity contribution in [2.24, 2.45) is 0 Å². The molecule has 6 nitrogen and oxygen atoms in total. The summed E-state index contributed by atoms with van der Waals surface area (Å²) in [5, 5.41) is 1.48. The van der Waals surface area contributed by atoms with E-state index in [1.807, 2.05) is 0 Å². The molecule has 2 aromatic carbocycles. The number of hydrogen-bond acceptors (Lipinski definition) is 6. The molecule has 3 rings (SSSR count). The largest absolute Gasteiger partial charge is 0.465 e. The average molecular weight is 324 g/mol. The van der Waals surface area contributed by atoms with E-state index in [-0.39, 0.29) is 11.1 Å². The second-order valence-corrected chi connectivity index (χ2v) is 5.14. The first-order valence-electron chi connectivity index (χ1n) is 7.02. The Morgan fingerprint density at radius 1 is 0.750 bits per heavy atom. The molecule has 1 aliphatic rings. The molecule has 0 radical (unpaired) electrons. The van der Waals surface area contributed by atoms with Crippen LogP contribution in [0.25, 0.3) is 10.8 Å². The number of Topliss-reactive ketones (excluding diaryl/α,β-unsaturated/α-hetero) is 2. The lowest BCUT2D eigenvalue weighted by Gasteiger charge is -2.19. The molecule has 0 unspecified atom stereocenters. The van der Waals surface area contributed by atoms with Crippen molar-refractivity contribution in [1.82, 2.24) is 0 Å². The summed E-state index contributed by atoms with van der Waals surface area (Å²) in [5.74, 6) is -3.56. The van der Waals surface area contributed by atoms with Crippen molar-refractivity contribution in [2.75, 3.05) is 14.2 Å². The van der Waals surface area contributed by atoms with Gasteiger partial charge in [-0.25, -0.2) is 9.59 Å². The number of ketones is 2. The van der Waals surface area contributed by atoms with E-state index < -0.39 is 34.7 Å². The Kier molecular flexibility index (Phi) is 3.73. The summed E-state index contributed by atoms with van der Waals surface area (Å²) in [6, 6.07) is 10.2. The first kappa shape index (κ1) is 15.6. The molecule has 0 saturated heterocycles. The third kappa shape index (κ3) is 2.20. The Balaban J connectivity index is 2.33. The summed E-state index contributed by atoms with van der Waals surface area (Å²) >= 11 is 0. The molecule has 0 aromatic heterocycles. The van der Waals surface area contributed by atoms with E-state index in [0.29, 0.717) is 0 Å². The highest BCUT2D eigenvalue weighted by atomic mass is 16.5. The number of carbonyl (C=O) groups is 4. The van der Waals surface area contributed by atoms with E-state index in [1.165, 1.54) is 12.1 Å². The fraction of sp³-hybridized carbons (Fsp3) is 0.111. The Labute approximate surface area is 136 Å². The second-order valence-electron chi connectivity index (χ2n) is 5.14. The lowest BCUT2D eigenvalue weighted by molar-refractivity contribution is -0.138. The number of rotatable bonds is 2. The van der Waals surface area contributed by atoms with E-state index >= 15 is 0 Å². The van der Waals surface area contributed by atoms with Gasteiger partial charge >= 0.3 is 11.9 Å². The summed E-state index contributed by atoms with van der Waals surface area (Å²) in [4.78, 5) is 49.4. The molecule has 1 aliphatic carbocycles. The fourth-order valence-corrected chi connectivity index (χ4v) is 2.71. The van der Waals surface area contributed by atoms with Crippen molar-refractivity contribution in [1.29, 1.82) is 0 Å². The molecule has 6 heteroatoms. The van der Waals surface area contributed by atoms with Gasteiger partial charge in [-0.05, 0) is 22.9 Å². The SMILES string of the molecule is COC(=O)C1=C(C(=O)OC)C(=O)c2cc3ccccc3cc2C1=O. The quantitative estimate of drug-likeness (QED) is 0.619. The molecule has 120 valence electrons. The maximum atomic E-state index is 12.7. The van der Waals surface area contributed by atoms with Crippen LogP contribution in [0.5, 0.6) is 0 Å². The van der Waals surface area contributed by atoms with E-state index in [0.717, 1.165) is 25.0 Å². The van der Waals surface area contributed by atoms with Crippen LogP contribution in [0, 0.1) is 0 Å². The molecule has 0 amide bonds. The smallest absolute Gasteiger partial charge is 0.342 e. The monoisotopic (exact) mass is 324 g/mol. The van der Waals surface area contributed by atoms with Gasteiger partial charge in [0.05, 0.1) is 14.2 Å². The number of hydrogen-bond donors (Lipinski definition) is 0. The highest BCUT2D eigenvalue weighted by Gasteiger charge is 2.40. The van der Waals surface area contributed by atoms with E-state index in [4.69, 9.17) is 0 Å². The van der Waals surface area contributed by atoms with Gasteiger partial charge in [0.2, 0.25) is 11.6 Å². The van der Waals surface area contributed by atoms with Crippen LogP contribution >= 0.6 is 0 Å². The summed E-state index contributed by atoms with van der Waals surface area (Å²) in [7, 11) is 2.13. The summed E-state index contributed by atoms with van der Waals surface area (Å²) in [6.45, 7) is 0. The van der Waals surface area contributed by atoms with Crippen molar-refractivity contribution < 1.29 is 28.7 Å². The van der Waals surface area contributed by atoms with Crippen LogP contribution in [0.3, 0.4) is 0 Å². The summed E-state index contributed by atoms with van der Waals surface area (Å²) in [5.41, 5.74) is -1.08. The van der Waals surface area contributed by atoms with Gasteiger partial charge in [0.25, 0.3) is 0 Å². The Bertz CT molecular complexity index is 875. The van der Waals surface area contributed by atoms with E-state index in [9.17, 15) is 19.2 Å². The third-order valence-electron chi connectivity index (χ3n) is 3.86. The number of benzene rings is 2. The van der Waals surface area contributed by atoms with Crippen molar-refractivity contribution in [3.8, 4) is 0 Å². The highest BCUT2D eigenvalue weighted by Crippen LogP contribution is 2.31. The zero-order valence-electron chi connectivity index (χ0n) is 12.9. The van der Waals surface area contributed by atoms with Crippen LogP contribution in [0.1, 0.15) is 20.7 Å². The molecule has 0 saturated carbocycles. The minimum Gasteiger partial charge on any atom is -0.465 e. The lowest BCUT2D eigenvalue weighted by atomic mass is 9.82. The molecule has 0 spiro atoms. The topological polar surface area (TPSA) is 86.7 Å². The molecule has 0 heterocycles. The molecule has 0 bridgehead atoms. The number of esters is 2. The maximum Gasteiger partial charge on any atom is 0.342 e. The van der Waals surface area contributed by atoms with Gasteiger partial charge in [-0.2, -0.15) is 0 Å². The number of carbonyl (C=O) groups excluding carboxylic acids is 4. The standard InChI is InChI=1S/C18H12O6/c1-23-17(21)13-14(18(22)24-2)16(20)12-8-10-6-4-3-5-9(10)7-11(12)15(13)19/h3-8H,1-2H3. The molecule has 24 heavy (non-hydrogen) atoms. The Morgan fingerprint density at radius 3 is 1.46 bits per heavy atom. The molecule has 0 atom stereocenters. The number of methoxy groups -OCH3 is 2. The van der Waals surface area contributed by atoms with Gasteiger partial charge in [0.15, 0.2) is 0 Å². The van der Waals surface area contributed by atoms with Crippen LogP contribution in [0.2, 0.25) is 0 Å².